The standard InChI is InChI=1S/C25H36O10/c1-8-11(3)22(29)33-18-16-14(6)24(31)34-19(16)21(35-23(30)12(4)9-2)25(7,32)20(28)15(26)10-13(5)17(18)27/h8,12-13,15-19,21,26-27,32H,6,9-10H2,1-5,7H3/b11-8-/t12-,13-,15-,16-,17-,18-,19+,21-,25+/m1/s1. The van der Waals surface area contributed by atoms with Crippen molar-refractivity contribution in [1.29, 1.82) is 0 Å². The summed E-state index contributed by atoms with van der Waals surface area (Å²) in [5.74, 6) is -6.20. The van der Waals surface area contributed by atoms with Gasteiger partial charge in [0.15, 0.2) is 23.6 Å². The summed E-state index contributed by atoms with van der Waals surface area (Å²) >= 11 is 0. The van der Waals surface area contributed by atoms with Gasteiger partial charge in [0.2, 0.25) is 0 Å². The fourth-order valence-electron chi connectivity index (χ4n) is 4.24. The number of rotatable bonds is 5. The zero-order chi connectivity index (χ0) is 26.8. The van der Waals surface area contributed by atoms with Gasteiger partial charge in [0.05, 0.1) is 17.9 Å². The highest BCUT2D eigenvalue weighted by Crippen LogP contribution is 2.41. The SMILES string of the molecule is C=C1C(=O)O[C@H]2[C@H]1[C@@H](OC(=O)/C(C)=C\C)[C@H](O)[C@H](C)C[C@@H](O)C(=O)[C@](C)(O)[C@@H]2OC(=O)[C@H](C)CC. The Hall–Kier alpha value is -2.56. The lowest BCUT2D eigenvalue weighted by Crippen LogP contribution is -2.62. The highest BCUT2D eigenvalue weighted by Gasteiger charge is 2.60. The summed E-state index contributed by atoms with van der Waals surface area (Å²) in [5.41, 5.74) is -2.42. The average Bonchev–Trinajstić information content (AvgIpc) is 3.10. The van der Waals surface area contributed by atoms with Crippen LogP contribution in [0.1, 0.15) is 54.4 Å². The van der Waals surface area contributed by atoms with Crippen LogP contribution < -0.4 is 0 Å². The number of esters is 3. The molecular formula is C25H36O10. The van der Waals surface area contributed by atoms with Crippen LogP contribution in [0.3, 0.4) is 0 Å². The largest absolute Gasteiger partial charge is 0.455 e. The number of hydrogen-bond donors (Lipinski definition) is 3. The predicted molar refractivity (Wildman–Crippen MR) is 123 cm³/mol. The Morgan fingerprint density at radius 3 is 2.43 bits per heavy atom. The monoisotopic (exact) mass is 496 g/mol. The zero-order valence-electron chi connectivity index (χ0n) is 21.0. The van der Waals surface area contributed by atoms with E-state index in [2.05, 4.69) is 6.58 Å². The number of Topliss-reactive ketones (excluding diaryl/α,β-unsaturated/α-hetero) is 1. The molecule has 9 atom stereocenters. The van der Waals surface area contributed by atoms with E-state index in [0.717, 1.165) is 6.92 Å². The third kappa shape index (κ3) is 5.65. The van der Waals surface area contributed by atoms with E-state index in [1.165, 1.54) is 19.9 Å². The smallest absolute Gasteiger partial charge is 0.334 e. The molecule has 0 spiro atoms. The Labute approximate surface area is 204 Å². The number of ketones is 1. The number of fused-ring (bicyclic) bond motifs is 1. The molecule has 1 aliphatic carbocycles. The normalized spacial score (nSPS) is 37.2. The van der Waals surface area contributed by atoms with Crippen LogP contribution in [0.2, 0.25) is 0 Å². The van der Waals surface area contributed by atoms with Crippen LogP contribution in [0.5, 0.6) is 0 Å². The number of aliphatic hydroxyl groups excluding tert-OH is 2. The number of aliphatic hydroxyl groups is 3. The van der Waals surface area contributed by atoms with E-state index in [-0.39, 0.29) is 17.6 Å². The molecule has 0 aromatic rings. The summed E-state index contributed by atoms with van der Waals surface area (Å²) in [5, 5.41) is 33.0. The first kappa shape index (κ1) is 28.7. The summed E-state index contributed by atoms with van der Waals surface area (Å²) in [6, 6.07) is 0. The van der Waals surface area contributed by atoms with Gasteiger partial charge in [-0.2, -0.15) is 0 Å². The Bertz CT molecular complexity index is 904. The third-order valence-electron chi connectivity index (χ3n) is 7.04. The molecule has 0 amide bonds. The van der Waals surface area contributed by atoms with Gasteiger partial charge in [0, 0.05) is 11.1 Å². The van der Waals surface area contributed by atoms with Gasteiger partial charge < -0.3 is 29.5 Å². The van der Waals surface area contributed by atoms with Crippen molar-refractivity contribution in [3.8, 4) is 0 Å². The maximum Gasteiger partial charge on any atom is 0.334 e. The minimum atomic E-state index is -2.48. The maximum absolute atomic E-state index is 13.1. The van der Waals surface area contributed by atoms with E-state index in [0.29, 0.717) is 6.42 Å². The lowest BCUT2D eigenvalue weighted by molar-refractivity contribution is -0.203. The molecule has 0 unspecified atom stereocenters. The van der Waals surface area contributed by atoms with Crippen LogP contribution in [0, 0.1) is 17.8 Å². The molecule has 2 fully saturated rings. The van der Waals surface area contributed by atoms with Crippen LogP contribution in [-0.2, 0) is 33.4 Å². The highest BCUT2D eigenvalue weighted by molar-refractivity contribution is 5.94. The molecule has 1 aliphatic heterocycles. The molecule has 35 heavy (non-hydrogen) atoms. The number of carbonyl (C=O) groups excluding carboxylic acids is 4. The van der Waals surface area contributed by atoms with Crippen molar-refractivity contribution in [3.63, 3.8) is 0 Å². The molecule has 1 saturated heterocycles. The van der Waals surface area contributed by atoms with Crippen LogP contribution in [0.15, 0.2) is 23.8 Å². The highest BCUT2D eigenvalue weighted by atomic mass is 16.6. The molecule has 0 aromatic carbocycles. The number of ether oxygens (including phenoxy) is 3. The summed E-state index contributed by atoms with van der Waals surface area (Å²) in [7, 11) is 0. The van der Waals surface area contributed by atoms with Crippen LogP contribution in [-0.4, -0.2) is 75.1 Å². The van der Waals surface area contributed by atoms with Crippen molar-refractivity contribution < 1.29 is 48.7 Å². The summed E-state index contributed by atoms with van der Waals surface area (Å²) in [4.78, 5) is 51.1. The Morgan fingerprint density at radius 2 is 1.89 bits per heavy atom. The molecule has 0 aromatic heterocycles. The summed E-state index contributed by atoms with van der Waals surface area (Å²) in [6.45, 7) is 12.8. The van der Waals surface area contributed by atoms with E-state index in [1.54, 1.807) is 20.8 Å². The first-order valence-corrected chi connectivity index (χ1v) is 11.8. The Kier molecular flexibility index (Phi) is 9.02. The van der Waals surface area contributed by atoms with Crippen molar-refractivity contribution in [1.82, 2.24) is 0 Å². The molecule has 10 heteroatoms. The van der Waals surface area contributed by atoms with Crippen molar-refractivity contribution in [2.45, 2.75) is 90.5 Å². The first-order valence-electron chi connectivity index (χ1n) is 11.8. The predicted octanol–water partition coefficient (Wildman–Crippen LogP) is 1.00. The lowest BCUT2D eigenvalue weighted by Gasteiger charge is -2.42. The van der Waals surface area contributed by atoms with Crippen molar-refractivity contribution >= 4 is 23.7 Å². The van der Waals surface area contributed by atoms with Gasteiger partial charge in [0.1, 0.15) is 12.2 Å². The molecule has 0 bridgehead atoms. The Balaban J connectivity index is 2.70. The van der Waals surface area contributed by atoms with Gasteiger partial charge in [0.25, 0.3) is 0 Å². The van der Waals surface area contributed by atoms with Gasteiger partial charge in [-0.15, -0.1) is 0 Å². The molecular weight excluding hydrogens is 460 g/mol. The van der Waals surface area contributed by atoms with Crippen molar-refractivity contribution in [3.05, 3.63) is 23.8 Å². The van der Waals surface area contributed by atoms with Gasteiger partial charge in [-0.05, 0) is 39.5 Å². The second-order valence-electron chi connectivity index (χ2n) is 9.66. The van der Waals surface area contributed by atoms with Gasteiger partial charge in [-0.3, -0.25) is 9.59 Å². The minimum Gasteiger partial charge on any atom is -0.455 e. The molecule has 2 aliphatic rings. The molecule has 1 heterocycles. The van der Waals surface area contributed by atoms with Crippen LogP contribution in [0.25, 0.3) is 0 Å². The maximum atomic E-state index is 13.1. The van der Waals surface area contributed by atoms with Crippen molar-refractivity contribution in [2.24, 2.45) is 17.8 Å². The summed E-state index contributed by atoms with van der Waals surface area (Å²) < 4.78 is 16.5. The average molecular weight is 497 g/mol. The van der Waals surface area contributed by atoms with E-state index in [1.807, 2.05) is 0 Å². The van der Waals surface area contributed by atoms with Crippen molar-refractivity contribution in [2.75, 3.05) is 0 Å². The fourth-order valence-corrected chi connectivity index (χ4v) is 4.24. The van der Waals surface area contributed by atoms with Gasteiger partial charge in [-0.1, -0.05) is 33.4 Å². The molecule has 10 nitrogen and oxygen atoms in total. The molecule has 0 radical (unpaired) electrons. The number of allylic oxidation sites excluding steroid dienone is 1. The Morgan fingerprint density at radius 1 is 1.29 bits per heavy atom. The van der Waals surface area contributed by atoms with Crippen LogP contribution >= 0.6 is 0 Å². The molecule has 196 valence electrons. The number of carbonyl (C=O) groups is 4. The molecule has 2 rings (SSSR count). The molecule has 3 N–H and O–H groups in total. The number of hydrogen-bond acceptors (Lipinski definition) is 10. The van der Waals surface area contributed by atoms with Gasteiger partial charge >= 0.3 is 17.9 Å². The quantitative estimate of drug-likeness (QED) is 0.285. The van der Waals surface area contributed by atoms with Crippen LogP contribution in [0.4, 0.5) is 0 Å². The van der Waals surface area contributed by atoms with E-state index >= 15 is 0 Å². The first-order chi connectivity index (χ1) is 16.2. The van der Waals surface area contributed by atoms with E-state index < -0.39 is 77.6 Å². The second-order valence-corrected chi connectivity index (χ2v) is 9.66. The fraction of sp³-hybridized carbons (Fsp3) is 0.680. The summed E-state index contributed by atoms with van der Waals surface area (Å²) in [6.07, 6.45) is -6.32. The van der Waals surface area contributed by atoms with E-state index in [9.17, 15) is 34.5 Å². The zero-order valence-corrected chi connectivity index (χ0v) is 21.0. The topological polar surface area (TPSA) is 157 Å². The third-order valence-corrected chi connectivity index (χ3v) is 7.04. The second kappa shape index (κ2) is 11.0. The minimum absolute atomic E-state index is 0.175. The lowest BCUT2D eigenvalue weighted by atomic mass is 9.74. The molecule has 1 saturated carbocycles. The van der Waals surface area contributed by atoms with E-state index in [4.69, 9.17) is 14.2 Å². The van der Waals surface area contributed by atoms with Gasteiger partial charge in [-0.25, -0.2) is 9.59 Å².